The second-order valence-corrected chi connectivity index (χ2v) is 6.74. The molecule has 0 spiro atoms. The fraction of sp³-hybridized carbons (Fsp3) is 0.500. The average Bonchev–Trinajstić information content (AvgIpc) is 3.05. The summed E-state index contributed by atoms with van der Waals surface area (Å²) in [4.78, 5) is 0. The molecule has 0 amide bonds. The molecule has 150 valence electrons. The number of allylic oxidation sites excluding steroid dienone is 1. The predicted octanol–water partition coefficient (Wildman–Crippen LogP) is 3.04. The van der Waals surface area contributed by atoms with Crippen LogP contribution in [0, 0.1) is 0 Å². The highest BCUT2D eigenvalue weighted by Gasteiger charge is 2.12. The second-order valence-electron chi connectivity index (χ2n) is 5.68. The van der Waals surface area contributed by atoms with Gasteiger partial charge in [-0.1, -0.05) is 23.9 Å². The van der Waals surface area contributed by atoms with Crippen molar-refractivity contribution in [2.24, 2.45) is 7.05 Å². The van der Waals surface area contributed by atoms with E-state index in [9.17, 15) is 0 Å². The number of thioether (sulfide) groups is 1. The van der Waals surface area contributed by atoms with Gasteiger partial charge in [0.05, 0.1) is 13.7 Å². The first kappa shape index (κ1) is 23.3. The largest absolute Gasteiger partial charge is 0.493 e. The predicted molar refractivity (Wildman–Crippen MR) is 111 cm³/mol. The summed E-state index contributed by atoms with van der Waals surface area (Å²) in [5.74, 6) is 2.55. The fourth-order valence-corrected chi connectivity index (χ4v) is 3.32. The van der Waals surface area contributed by atoms with Crippen molar-refractivity contribution in [3.05, 3.63) is 35.9 Å². The smallest absolute Gasteiger partial charge is 0.209 e. The first-order chi connectivity index (χ1) is 12.7. The molecule has 0 aliphatic rings. The summed E-state index contributed by atoms with van der Waals surface area (Å²) in [6.45, 7) is 8.12. The summed E-state index contributed by atoms with van der Waals surface area (Å²) >= 11 is 1.66. The molecule has 7 nitrogen and oxygen atoms in total. The first-order valence-electron chi connectivity index (χ1n) is 8.68. The highest BCUT2D eigenvalue weighted by atomic mass is 35.5. The van der Waals surface area contributed by atoms with Gasteiger partial charge >= 0.3 is 0 Å². The van der Waals surface area contributed by atoms with Crippen molar-refractivity contribution in [1.29, 1.82) is 0 Å². The highest BCUT2D eigenvalue weighted by Crippen LogP contribution is 2.33. The summed E-state index contributed by atoms with van der Waals surface area (Å²) in [7, 11) is 3.52. The normalized spacial score (nSPS) is 10.3. The van der Waals surface area contributed by atoms with Gasteiger partial charge < -0.3 is 14.8 Å². The van der Waals surface area contributed by atoms with Crippen molar-refractivity contribution < 1.29 is 9.47 Å². The lowest BCUT2D eigenvalue weighted by atomic mass is 10.1. The van der Waals surface area contributed by atoms with Crippen LogP contribution in [0.4, 0.5) is 0 Å². The number of aromatic nitrogens is 4. The molecule has 2 rings (SSSR count). The van der Waals surface area contributed by atoms with E-state index < -0.39 is 0 Å². The Morgan fingerprint density at radius 2 is 2.19 bits per heavy atom. The van der Waals surface area contributed by atoms with Crippen LogP contribution in [0.5, 0.6) is 11.5 Å². The zero-order valence-electron chi connectivity index (χ0n) is 16.1. The van der Waals surface area contributed by atoms with Gasteiger partial charge in [-0.15, -0.1) is 24.1 Å². The number of halogens is 1. The zero-order chi connectivity index (χ0) is 18.8. The van der Waals surface area contributed by atoms with Crippen LogP contribution < -0.4 is 14.8 Å². The monoisotopic (exact) mass is 413 g/mol. The van der Waals surface area contributed by atoms with Crippen LogP contribution in [-0.2, 0) is 20.0 Å². The minimum absolute atomic E-state index is 0. The van der Waals surface area contributed by atoms with Crippen LogP contribution in [-0.4, -0.2) is 46.2 Å². The lowest BCUT2D eigenvalue weighted by Crippen LogP contribution is -2.16. The van der Waals surface area contributed by atoms with Crippen molar-refractivity contribution in [2.45, 2.75) is 31.5 Å². The number of nitrogens with one attached hydrogen (secondary N) is 1. The molecular formula is C18H28ClN5O2S. The molecule has 0 fully saturated rings. The van der Waals surface area contributed by atoms with Gasteiger partial charge in [0.1, 0.15) is 0 Å². The van der Waals surface area contributed by atoms with Crippen molar-refractivity contribution >= 4 is 24.2 Å². The first-order valence-corrected chi connectivity index (χ1v) is 9.67. The highest BCUT2D eigenvalue weighted by molar-refractivity contribution is 7.99. The fourth-order valence-electron chi connectivity index (χ4n) is 2.53. The number of benzene rings is 1. The Hall–Kier alpha value is -1.77. The van der Waals surface area contributed by atoms with E-state index in [4.69, 9.17) is 9.47 Å². The Morgan fingerprint density at radius 3 is 2.81 bits per heavy atom. The van der Waals surface area contributed by atoms with Gasteiger partial charge in [0.2, 0.25) is 5.16 Å². The van der Waals surface area contributed by atoms with E-state index in [1.165, 1.54) is 5.56 Å². The Kier molecular flexibility index (Phi) is 10.8. The van der Waals surface area contributed by atoms with Crippen LogP contribution in [0.1, 0.15) is 24.5 Å². The topological polar surface area (TPSA) is 74.1 Å². The molecule has 9 heteroatoms. The van der Waals surface area contributed by atoms with Gasteiger partial charge in [-0.25, -0.2) is 4.68 Å². The van der Waals surface area contributed by atoms with Crippen molar-refractivity contribution in [2.75, 3.05) is 26.0 Å². The molecule has 0 aliphatic heterocycles. The van der Waals surface area contributed by atoms with Crippen molar-refractivity contribution in [1.82, 2.24) is 25.5 Å². The molecule has 1 aromatic carbocycles. The molecule has 1 N–H and O–H groups in total. The molecule has 0 unspecified atom stereocenters. The minimum Gasteiger partial charge on any atom is -0.493 e. The van der Waals surface area contributed by atoms with Crippen LogP contribution in [0.3, 0.4) is 0 Å². The van der Waals surface area contributed by atoms with E-state index in [1.807, 2.05) is 26.1 Å². The number of rotatable bonds is 12. The second kappa shape index (κ2) is 12.6. The lowest BCUT2D eigenvalue weighted by molar-refractivity contribution is 0.308. The molecular weight excluding hydrogens is 386 g/mol. The minimum atomic E-state index is 0. The third-order valence-corrected chi connectivity index (χ3v) is 4.80. The maximum Gasteiger partial charge on any atom is 0.209 e. The number of methoxy groups -OCH3 is 1. The maximum absolute atomic E-state index is 5.76. The number of tetrazole rings is 1. The Morgan fingerprint density at radius 1 is 1.37 bits per heavy atom. The molecule has 0 aliphatic carbocycles. The molecule has 0 bridgehead atoms. The quantitative estimate of drug-likeness (QED) is 0.325. The van der Waals surface area contributed by atoms with E-state index in [2.05, 4.69) is 33.5 Å². The van der Waals surface area contributed by atoms with Gasteiger partial charge in [-0.2, -0.15) is 0 Å². The third-order valence-electron chi connectivity index (χ3n) is 3.70. The van der Waals surface area contributed by atoms with Crippen LogP contribution in [0.2, 0.25) is 0 Å². The van der Waals surface area contributed by atoms with E-state index >= 15 is 0 Å². The van der Waals surface area contributed by atoms with E-state index in [0.717, 1.165) is 53.9 Å². The van der Waals surface area contributed by atoms with Crippen LogP contribution >= 0.6 is 24.2 Å². The van der Waals surface area contributed by atoms with Gasteiger partial charge in [0, 0.05) is 24.9 Å². The molecule has 1 aromatic heterocycles. The Bertz CT molecular complexity index is 711. The van der Waals surface area contributed by atoms with Gasteiger partial charge in [-0.05, 0) is 48.4 Å². The number of hydrogen-bond donors (Lipinski definition) is 1. The van der Waals surface area contributed by atoms with E-state index in [1.54, 1.807) is 23.6 Å². The van der Waals surface area contributed by atoms with Gasteiger partial charge in [0.15, 0.2) is 11.5 Å². The molecule has 2 aromatic rings. The summed E-state index contributed by atoms with van der Waals surface area (Å²) in [5.41, 5.74) is 2.27. The number of nitrogens with zero attached hydrogens (tertiary/aromatic N) is 4. The summed E-state index contributed by atoms with van der Waals surface area (Å²) in [5, 5.41) is 15.7. The summed E-state index contributed by atoms with van der Waals surface area (Å²) in [6, 6.07) is 4.19. The molecule has 27 heavy (non-hydrogen) atoms. The maximum atomic E-state index is 5.76. The van der Waals surface area contributed by atoms with Crippen LogP contribution in [0.25, 0.3) is 0 Å². The Balaban J connectivity index is 0.00000364. The zero-order valence-corrected chi connectivity index (χ0v) is 17.7. The molecule has 0 saturated heterocycles. The number of aryl methyl sites for hydroxylation is 1. The summed E-state index contributed by atoms with van der Waals surface area (Å²) in [6.07, 6.45) is 3.67. The third kappa shape index (κ3) is 7.04. The molecule has 0 atom stereocenters. The number of hydrogen-bond acceptors (Lipinski definition) is 7. The van der Waals surface area contributed by atoms with E-state index in [-0.39, 0.29) is 12.4 Å². The molecule has 1 heterocycles. The standard InChI is InChI=1S/C18H27N5O2S.ClH/c1-5-8-15-11-14(12-16(24-4)17(15)25-6-2)13-19-9-7-10-26-18-20-21-22-23(18)3;/h5,11-12,19H,1,6-10,13H2,2-4H3;1H. The average molecular weight is 414 g/mol. The number of ether oxygens (including phenoxy) is 2. The van der Waals surface area contributed by atoms with Gasteiger partial charge in [0.25, 0.3) is 0 Å². The van der Waals surface area contributed by atoms with Crippen molar-refractivity contribution in [3.8, 4) is 11.5 Å². The Labute approximate surface area is 171 Å². The lowest BCUT2D eigenvalue weighted by Gasteiger charge is -2.16. The molecule has 0 radical (unpaired) electrons. The van der Waals surface area contributed by atoms with Crippen LogP contribution in [0.15, 0.2) is 29.9 Å². The SMILES string of the molecule is C=CCc1cc(CNCCCSc2nnnn2C)cc(OC)c1OCC.Cl. The molecule has 0 saturated carbocycles. The van der Waals surface area contributed by atoms with Gasteiger partial charge in [-0.3, -0.25) is 0 Å². The van der Waals surface area contributed by atoms with E-state index in [0.29, 0.717) is 6.61 Å². The summed E-state index contributed by atoms with van der Waals surface area (Å²) < 4.78 is 13.0. The van der Waals surface area contributed by atoms with Crippen molar-refractivity contribution in [3.63, 3.8) is 0 Å².